The van der Waals surface area contributed by atoms with Crippen LogP contribution in [0.2, 0.25) is 0 Å². The molecule has 0 aliphatic carbocycles. The SMILES string of the molecule is Cc1csc(CN2CCC3(CC2)C[C@H](Oc2cccnc2)CO3)n1. The predicted octanol–water partition coefficient (Wildman–Crippen LogP) is 3.05. The number of pyridine rings is 1. The van der Waals surface area contributed by atoms with Gasteiger partial charge in [0, 0.05) is 36.8 Å². The summed E-state index contributed by atoms with van der Waals surface area (Å²) in [6.45, 7) is 5.83. The fourth-order valence-electron chi connectivity index (χ4n) is 3.62. The van der Waals surface area contributed by atoms with Crippen molar-refractivity contribution in [2.45, 2.75) is 44.4 Å². The highest BCUT2D eigenvalue weighted by molar-refractivity contribution is 7.09. The first-order valence-electron chi connectivity index (χ1n) is 8.55. The summed E-state index contributed by atoms with van der Waals surface area (Å²) in [5, 5.41) is 3.34. The first-order valence-corrected chi connectivity index (χ1v) is 9.43. The molecule has 2 aromatic rings. The minimum atomic E-state index is 0.00215. The molecule has 24 heavy (non-hydrogen) atoms. The number of aromatic nitrogens is 2. The summed E-state index contributed by atoms with van der Waals surface area (Å²) in [6, 6.07) is 3.86. The maximum atomic E-state index is 6.18. The van der Waals surface area contributed by atoms with E-state index in [-0.39, 0.29) is 11.7 Å². The average molecular weight is 345 g/mol. The van der Waals surface area contributed by atoms with Gasteiger partial charge in [0.15, 0.2) is 0 Å². The normalized spacial score (nSPS) is 23.6. The maximum absolute atomic E-state index is 6.18. The quantitative estimate of drug-likeness (QED) is 0.852. The first-order chi connectivity index (χ1) is 11.7. The Morgan fingerprint density at radius 1 is 1.42 bits per heavy atom. The van der Waals surface area contributed by atoms with Crippen LogP contribution in [0, 0.1) is 6.92 Å². The van der Waals surface area contributed by atoms with Crippen molar-refractivity contribution < 1.29 is 9.47 Å². The Morgan fingerprint density at radius 3 is 3.00 bits per heavy atom. The minimum absolute atomic E-state index is 0.00215. The van der Waals surface area contributed by atoms with Gasteiger partial charge in [-0.05, 0) is 31.9 Å². The molecule has 0 radical (unpaired) electrons. The van der Waals surface area contributed by atoms with Crippen LogP contribution in [-0.2, 0) is 11.3 Å². The van der Waals surface area contributed by atoms with Crippen molar-refractivity contribution in [3.63, 3.8) is 0 Å². The number of rotatable bonds is 4. The van der Waals surface area contributed by atoms with Crippen LogP contribution >= 0.6 is 11.3 Å². The Kier molecular flexibility index (Phi) is 4.52. The Bertz CT molecular complexity index is 668. The summed E-state index contributed by atoms with van der Waals surface area (Å²) in [5.41, 5.74) is 1.13. The van der Waals surface area contributed by atoms with Gasteiger partial charge in [-0.2, -0.15) is 0 Å². The van der Waals surface area contributed by atoms with E-state index in [9.17, 15) is 0 Å². The van der Waals surface area contributed by atoms with Gasteiger partial charge in [-0.15, -0.1) is 11.3 Å². The van der Waals surface area contributed by atoms with Crippen molar-refractivity contribution in [3.8, 4) is 5.75 Å². The zero-order valence-electron chi connectivity index (χ0n) is 14.0. The number of nitrogens with zero attached hydrogens (tertiary/aromatic N) is 3. The highest BCUT2D eigenvalue weighted by Crippen LogP contribution is 2.37. The molecule has 128 valence electrons. The van der Waals surface area contributed by atoms with Crippen molar-refractivity contribution in [2.24, 2.45) is 0 Å². The van der Waals surface area contributed by atoms with Crippen LogP contribution in [0.1, 0.15) is 30.0 Å². The lowest BCUT2D eigenvalue weighted by Gasteiger charge is -2.38. The molecule has 0 amide bonds. The van der Waals surface area contributed by atoms with Gasteiger partial charge in [0.25, 0.3) is 0 Å². The predicted molar refractivity (Wildman–Crippen MR) is 93.3 cm³/mol. The molecule has 2 aliphatic rings. The molecule has 2 aromatic heterocycles. The van der Waals surface area contributed by atoms with E-state index >= 15 is 0 Å². The van der Waals surface area contributed by atoms with Crippen LogP contribution < -0.4 is 4.74 Å². The minimum Gasteiger partial charge on any atom is -0.486 e. The van der Waals surface area contributed by atoms with E-state index in [4.69, 9.17) is 9.47 Å². The lowest BCUT2D eigenvalue weighted by atomic mass is 9.88. The molecule has 0 bridgehead atoms. The fourth-order valence-corrected chi connectivity index (χ4v) is 4.43. The highest BCUT2D eigenvalue weighted by atomic mass is 32.1. The molecule has 0 saturated carbocycles. The summed E-state index contributed by atoms with van der Waals surface area (Å²) in [6.07, 6.45) is 6.80. The van der Waals surface area contributed by atoms with Crippen molar-refractivity contribution in [2.75, 3.05) is 19.7 Å². The summed E-state index contributed by atoms with van der Waals surface area (Å²) < 4.78 is 12.2. The molecule has 2 saturated heterocycles. The summed E-state index contributed by atoms with van der Waals surface area (Å²) in [5.74, 6) is 0.833. The van der Waals surface area contributed by atoms with Gasteiger partial charge in [0.1, 0.15) is 16.9 Å². The van der Waals surface area contributed by atoms with Crippen LogP contribution in [0.5, 0.6) is 5.75 Å². The number of hydrogen-bond acceptors (Lipinski definition) is 6. The summed E-state index contributed by atoms with van der Waals surface area (Å²) >= 11 is 1.76. The number of piperidine rings is 1. The van der Waals surface area contributed by atoms with Crippen LogP contribution in [0.15, 0.2) is 29.9 Å². The molecule has 0 aromatic carbocycles. The Hall–Kier alpha value is -1.50. The van der Waals surface area contributed by atoms with Crippen molar-refractivity contribution >= 4 is 11.3 Å². The van der Waals surface area contributed by atoms with Crippen molar-refractivity contribution in [1.82, 2.24) is 14.9 Å². The van der Waals surface area contributed by atoms with Gasteiger partial charge in [-0.3, -0.25) is 9.88 Å². The van der Waals surface area contributed by atoms with Crippen LogP contribution in [0.4, 0.5) is 0 Å². The summed E-state index contributed by atoms with van der Waals surface area (Å²) in [7, 11) is 0. The van der Waals surface area contributed by atoms with Crippen molar-refractivity contribution in [1.29, 1.82) is 0 Å². The average Bonchev–Trinajstić information content (AvgIpc) is 3.18. The van der Waals surface area contributed by atoms with Crippen LogP contribution in [0.3, 0.4) is 0 Å². The molecule has 4 heterocycles. The van der Waals surface area contributed by atoms with Gasteiger partial charge in [0.05, 0.1) is 24.9 Å². The van der Waals surface area contributed by atoms with E-state index in [0.29, 0.717) is 6.61 Å². The smallest absolute Gasteiger partial charge is 0.138 e. The van der Waals surface area contributed by atoms with E-state index in [1.54, 1.807) is 23.7 Å². The van der Waals surface area contributed by atoms with Gasteiger partial charge >= 0.3 is 0 Å². The van der Waals surface area contributed by atoms with E-state index in [0.717, 1.165) is 50.3 Å². The molecule has 5 nitrogen and oxygen atoms in total. The molecular formula is C18H23N3O2S. The second kappa shape index (κ2) is 6.78. The topological polar surface area (TPSA) is 47.5 Å². The van der Waals surface area contributed by atoms with E-state index in [1.807, 2.05) is 12.1 Å². The summed E-state index contributed by atoms with van der Waals surface area (Å²) in [4.78, 5) is 11.2. The Morgan fingerprint density at radius 2 is 2.29 bits per heavy atom. The van der Waals surface area contributed by atoms with Gasteiger partial charge in [0.2, 0.25) is 0 Å². The number of ether oxygens (including phenoxy) is 2. The second-order valence-electron chi connectivity index (χ2n) is 6.79. The molecule has 0 unspecified atom stereocenters. The highest BCUT2D eigenvalue weighted by Gasteiger charge is 2.43. The molecule has 2 aliphatic heterocycles. The van der Waals surface area contributed by atoms with E-state index in [2.05, 4.69) is 27.2 Å². The van der Waals surface area contributed by atoms with Crippen LogP contribution in [-0.4, -0.2) is 46.3 Å². The lowest BCUT2D eigenvalue weighted by molar-refractivity contribution is -0.0454. The Balaban J connectivity index is 1.29. The van der Waals surface area contributed by atoms with E-state index < -0.39 is 0 Å². The number of thiazole rings is 1. The molecule has 6 heteroatoms. The molecular weight excluding hydrogens is 322 g/mol. The third kappa shape index (κ3) is 3.61. The zero-order valence-corrected chi connectivity index (χ0v) is 14.8. The van der Waals surface area contributed by atoms with Gasteiger partial charge < -0.3 is 9.47 Å². The number of aryl methyl sites for hydroxylation is 1. The molecule has 2 fully saturated rings. The monoisotopic (exact) mass is 345 g/mol. The van der Waals surface area contributed by atoms with Gasteiger partial charge in [-0.25, -0.2) is 4.98 Å². The van der Waals surface area contributed by atoms with Gasteiger partial charge in [-0.1, -0.05) is 0 Å². The number of hydrogen-bond donors (Lipinski definition) is 0. The van der Waals surface area contributed by atoms with E-state index in [1.165, 1.54) is 5.01 Å². The van der Waals surface area contributed by atoms with Crippen molar-refractivity contribution in [3.05, 3.63) is 40.6 Å². The second-order valence-corrected chi connectivity index (χ2v) is 7.73. The zero-order chi connectivity index (χ0) is 16.4. The number of likely N-dealkylation sites (tertiary alicyclic amines) is 1. The third-order valence-corrected chi connectivity index (χ3v) is 5.86. The largest absolute Gasteiger partial charge is 0.486 e. The maximum Gasteiger partial charge on any atom is 0.138 e. The van der Waals surface area contributed by atoms with Crippen LogP contribution in [0.25, 0.3) is 0 Å². The molecule has 4 rings (SSSR count). The standard InChI is InChI=1S/C18H23N3O2S/c1-14-13-24-17(20-14)11-21-7-4-18(5-8-21)9-16(12-22-18)23-15-3-2-6-19-10-15/h2-3,6,10,13,16H,4-5,7-9,11-12H2,1H3/t16-/m0/s1. The molecule has 1 atom stereocenters. The Labute approximate surface area is 146 Å². The molecule has 0 N–H and O–H groups in total. The fraction of sp³-hybridized carbons (Fsp3) is 0.556. The lowest BCUT2D eigenvalue weighted by Crippen LogP contribution is -2.44. The third-order valence-electron chi connectivity index (χ3n) is 4.90. The molecule has 1 spiro atoms. The first kappa shape index (κ1) is 16.0.